The standard InChI is InChI=1S/C14H23NO3S/c1-4-19(16,17)9-8-15-11-13-6-5-7-14(10-13)18-12(2)3/h5-7,10,12,15H,4,8-9,11H2,1-3H3. The Morgan fingerprint density at radius 1 is 1.32 bits per heavy atom. The Kier molecular flexibility index (Phi) is 6.31. The molecule has 0 aromatic heterocycles. The molecule has 1 N–H and O–H groups in total. The minimum Gasteiger partial charge on any atom is -0.491 e. The summed E-state index contributed by atoms with van der Waals surface area (Å²) in [5.74, 6) is 1.23. The van der Waals surface area contributed by atoms with Crippen molar-refractivity contribution < 1.29 is 13.2 Å². The zero-order chi connectivity index (χ0) is 14.3. The lowest BCUT2D eigenvalue weighted by atomic mass is 10.2. The Morgan fingerprint density at radius 3 is 2.68 bits per heavy atom. The van der Waals surface area contributed by atoms with Crippen molar-refractivity contribution in [2.75, 3.05) is 18.1 Å². The molecule has 5 heteroatoms. The smallest absolute Gasteiger partial charge is 0.151 e. The molecular formula is C14H23NO3S. The monoisotopic (exact) mass is 285 g/mol. The van der Waals surface area contributed by atoms with Crippen LogP contribution < -0.4 is 10.1 Å². The van der Waals surface area contributed by atoms with E-state index in [-0.39, 0.29) is 17.6 Å². The summed E-state index contributed by atoms with van der Waals surface area (Å²) in [6.07, 6.45) is 0.151. The lowest BCUT2D eigenvalue weighted by molar-refractivity contribution is 0.242. The average molecular weight is 285 g/mol. The van der Waals surface area contributed by atoms with Crippen LogP contribution in [-0.2, 0) is 16.4 Å². The highest BCUT2D eigenvalue weighted by atomic mass is 32.2. The van der Waals surface area contributed by atoms with Crippen molar-refractivity contribution in [1.82, 2.24) is 5.32 Å². The van der Waals surface area contributed by atoms with E-state index in [1.54, 1.807) is 6.92 Å². The third-order valence-corrected chi connectivity index (χ3v) is 4.33. The predicted octanol–water partition coefficient (Wildman–Crippen LogP) is 2.00. The fraction of sp³-hybridized carbons (Fsp3) is 0.571. The van der Waals surface area contributed by atoms with Crippen LogP contribution in [0.15, 0.2) is 24.3 Å². The fourth-order valence-electron chi connectivity index (χ4n) is 1.61. The lowest BCUT2D eigenvalue weighted by Gasteiger charge is -2.11. The highest BCUT2D eigenvalue weighted by molar-refractivity contribution is 7.91. The molecule has 0 atom stereocenters. The van der Waals surface area contributed by atoms with Gasteiger partial charge in [0.2, 0.25) is 0 Å². The Labute approximate surface area is 116 Å². The molecule has 1 aromatic rings. The van der Waals surface area contributed by atoms with Gasteiger partial charge in [0.15, 0.2) is 9.84 Å². The second kappa shape index (κ2) is 7.50. The van der Waals surface area contributed by atoms with Crippen LogP contribution in [0.25, 0.3) is 0 Å². The molecule has 0 unspecified atom stereocenters. The summed E-state index contributed by atoms with van der Waals surface area (Å²) in [7, 11) is -2.89. The largest absolute Gasteiger partial charge is 0.491 e. The van der Waals surface area contributed by atoms with E-state index in [2.05, 4.69) is 5.32 Å². The quantitative estimate of drug-likeness (QED) is 0.742. The van der Waals surface area contributed by atoms with Crippen molar-refractivity contribution >= 4 is 9.84 Å². The Balaban J connectivity index is 2.41. The number of rotatable bonds is 8. The highest BCUT2D eigenvalue weighted by Crippen LogP contribution is 2.14. The van der Waals surface area contributed by atoms with Gasteiger partial charge in [-0.2, -0.15) is 0 Å². The first-order valence-corrected chi connectivity index (χ1v) is 8.42. The molecule has 0 saturated carbocycles. The Hall–Kier alpha value is -1.07. The normalized spacial score (nSPS) is 11.8. The molecule has 0 bridgehead atoms. The van der Waals surface area contributed by atoms with Crippen LogP contribution in [0.2, 0.25) is 0 Å². The Morgan fingerprint density at radius 2 is 2.05 bits per heavy atom. The van der Waals surface area contributed by atoms with Crippen LogP contribution in [0.4, 0.5) is 0 Å². The van der Waals surface area contributed by atoms with Gasteiger partial charge >= 0.3 is 0 Å². The molecule has 0 radical (unpaired) electrons. The molecule has 0 aliphatic rings. The molecule has 0 spiro atoms. The third-order valence-electron chi connectivity index (χ3n) is 2.63. The molecule has 0 fully saturated rings. The Bertz CT molecular complexity index is 483. The van der Waals surface area contributed by atoms with Crippen LogP contribution in [0.5, 0.6) is 5.75 Å². The van der Waals surface area contributed by atoms with Crippen LogP contribution >= 0.6 is 0 Å². The molecule has 0 amide bonds. The molecular weight excluding hydrogens is 262 g/mol. The van der Waals surface area contributed by atoms with E-state index in [9.17, 15) is 8.42 Å². The van der Waals surface area contributed by atoms with E-state index in [4.69, 9.17) is 4.74 Å². The molecule has 4 nitrogen and oxygen atoms in total. The van der Waals surface area contributed by atoms with Gasteiger partial charge in [0.1, 0.15) is 5.75 Å². The van der Waals surface area contributed by atoms with Gasteiger partial charge in [0, 0.05) is 18.8 Å². The maximum atomic E-state index is 11.3. The average Bonchev–Trinajstić information content (AvgIpc) is 2.34. The number of hydrogen-bond acceptors (Lipinski definition) is 4. The van der Waals surface area contributed by atoms with Crippen molar-refractivity contribution in [2.24, 2.45) is 0 Å². The summed E-state index contributed by atoms with van der Waals surface area (Å²) < 4.78 is 28.3. The second-order valence-corrected chi connectivity index (χ2v) is 7.20. The van der Waals surface area contributed by atoms with E-state index in [0.29, 0.717) is 13.1 Å². The van der Waals surface area contributed by atoms with Crippen molar-refractivity contribution in [3.63, 3.8) is 0 Å². The maximum Gasteiger partial charge on any atom is 0.151 e. The first-order valence-electron chi connectivity index (χ1n) is 6.59. The highest BCUT2D eigenvalue weighted by Gasteiger charge is 2.06. The molecule has 1 rings (SSSR count). The predicted molar refractivity (Wildman–Crippen MR) is 78.2 cm³/mol. The summed E-state index contributed by atoms with van der Waals surface area (Å²) in [6, 6.07) is 7.83. The zero-order valence-electron chi connectivity index (χ0n) is 11.8. The minimum atomic E-state index is -2.89. The number of hydrogen-bond donors (Lipinski definition) is 1. The van der Waals surface area contributed by atoms with Gasteiger partial charge in [0.05, 0.1) is 11.9 Å². The van der Waals surface area contributed by atoms with Crippen molar-refractivity contribution in [3.8, 4) is 5.75 Å². The van der Waals surface area contributed by atoms with E-state index in [0.717, 1.165) is 11.3 Å². The first-order chi connectivity index (χ1) is 8.93. The van der Waals surface area contributed by atoms with Gasteiger partial charge in [-0.3, -0.25) is 0 Å². The van der Waals surface area contributed by atoms with E-state index >= 15 is 0 Å². The number of sulfone groups is 1. The van der Waals surface area contributed by atoms with Gasteiger partial charge in [-0.15, -0.1) is 0 Å². The van der Waals surface area contributed by atoms with Crippen molar-refractivity contribution in [2.45, 2.75) is 33.4 Å². The van der Waals surface area contributed by atoms with Crippen molar-refractivity contribution in [1.29, 1.82) is 0 Å². The number of nitrogens with one attached hydrogen (secondary N) is 1. The van der Waals surface area contributed by atoms with Gasteiger partial charge < -0.3 is 10.1 Å². The topological polar surface area (TPSA) is 55.4 Å². The molecule has 1 aromatic carbocycles. The van der Waals surface area contributed by atoms with Gasteiger partial charge in [-0.1, -0.05) is 19.1 Å². The molecule has 0 saturated heterocycles. The summed E-state index contributed by atoms with van der Waals surface area (Å²) in [4.78, 5) is 0. The van der Waals surface area contributed by atoms with Crippen LogP contribution in [0.1, 0.15) is 26.3 Å². The number of ether oxygens (including phenoxy) is 1. The summed E-state index contributed by atoms with van der Waals surface area (Å²) in [5.41, 5.74) is 1.09. The van der Waals surface area contributed by atoms with E-state index in [1.807, 2.05) is 38.1 Å². The molecule has 0 heterocycles. The summed E-state index contributed by atoms with van der Waals surface area (Å²) >= 11 is 0. The summed E-state index contributed by atoms with van der Waals surface area (Å²) in [6.45, 7) is 6.77. The van der Waals surface area contributed by atoms with Crippen LogP contribution in [-0.4, -0.2) is 32.6 Å². The third kappa shape index (κ3) is 6.59. The zero-order valence-corrected chi connectivity index (χ0v) is 12.7. The minimum absolute atomic E-state index is 0.151. The van der Waals surface area contributed by atoms with Crippen LogP contribution in [0, 0.1) is 0 Å². The molecule has 0 aliphatic heterocycles. The van der Waals surface area contributed by atoms with E-state index < -0.39 is 9.84 Å². The van der Waals surface area contributed by atoms with Crippen molar-refractivity contribution in [3.05, 3.63) is 29.8 Å². The summed E-state index contributed by atoms with van der Waals surface area (Å²) in [5, 5.41) is 3.14. The maximum absolute atomic E-state index is 11.3. The molecule has 19 heavy (non-hydrogen) atoms. The molecule has 108 valence electrons. The second-order valence-electron chi connectivity index (χ2n) is 4.73. The first kappa shape index (κ1) is 16.0. The van der Waals surface area contributed by atoms with Gasteiger partial charge in [-0.25, -0.2) is 8.42 Å². The lowest BCUT2D eigenvalue weighted by Crippen LogP contribution is -2.23. The van der Waals surface area contributed by atoms with E-state index in [1.165, 1.54) is 0 Å². The van der Waals surface area contributed by atoms with Gasteiger partial charge in [-0.05, 0) is 31.5 Å². The molecule has 0 aliphatic carbocycles. The van der Waals surface area contributed by atoms with Gasteiger partial charge in [0.25, 0.3) is 0 Å². The number of benzene rings is 1. The van der Waals surface area contributed by atoms with Crippen LogP contribution in [0.3, 0.4) is 0 Å². The SMILES string of the molecule is CCS(=O)(=O)CCNCc1cccc(OC(C)C)c1. The fourth-order valence-corrected chi connectivity index (χ4v) is 2.35.